The van der Waals surface area contributed by atoms with E-state index >= 15 is 0 Å². The lowest BCUT2D eigenvalue weighted by Crippen LogP contribution is -2.22. The van der Waals surface area contributed by atoms with Gasteiger partial charge in [-0.15, -0.1) is 0 Å². The predicted molar refractivity (Wildman–Crippen MR) is 119 cm³/mol. The predicted octanol–water partition coefficient (Wildman–Crippen LogP) is 4.09. The Kier molecular flexibility index (Phi) is 6.05. The minimum Gasteiger partial charge on any atom is -0.497 e. The lowest BCUT2D eigenvalue weighted by Gasteiger charge is -2.10. The Balaban J connectivity index is 2.07. The highest BCUT2D eigenvalue weighted by atomic mass is 32.2. The van der Waals surface area contributed by atoms with Crippen LogP contribution in [-0.2, 0) is 16.6 Å². The summed E-state index contributed by atoms with van der Waals surface area (Å²) in [5, 5.41) is 10.0. The first-order chi connectivity index (χ1) is 14.3. The molecule has 3 rings (SSSR count). The van der Waals surface area contributed by atoms with Crippen molar-refractivity contribution in [2.75, 3.05) is 11.8 Å². The summed E-state index contributed by atoms with van der Waals surface area (Å²) in [7, 11) is -1.83. The standard InChI is InChI=1S/C23H23N3O3S/c1-5-26-22(21(15-24)20-11-10-19(29-4)14-23(20)26)12-9-17-7-6-8-18(13-17)25-30(27,28)16(2)3/h6-8,10-11,13-14,16,25H,5H2,1-4H3. The maximum Gasteiger partial charge on any atom is 0.235 e. The minimum atomic E-state index is -3.44. The summed E-state index contributed by atoms with van der Waals surface area (Å²) >= 11 is 0. The summed E-state index contributed by atoms with van der Waals surface area (Å²) in [6, 6.07) is 14.8. The van der Waals surface area contributed by atoms with Gasteiger partial charge in [0.1, 0.15) is 17.5 Å². The van der Waals surface area contributed by atoms with E-state index in [2.05, 4.69) is 22.6 Å². The highest BCUT2D eigenvalue weighted by Crippen LogP contribution is 2.29. The molecule has 0 spiro atoms. The number of nitriles is 1. The van der Waals surface area contributed by atoms with Gasteiger partial charge in [0.2, 0.25) is 10.0 Å². The number of anilines is 1. The van der Waals surface area contributed by atoms with Crippen LogP contribution < -0.4 is 9.46 Å². The van der Waals surface area contributed by atoms with E-state index < -0.39 is 15.3 Å². The van der Waals surface area contributed by atoms with Crippen LogP contribution in [0.3, 0.4) is 0 Å². The van der Waals surface area contributed by atoms with Crippen molar-refractivity contribution in [3.63, 3.8) is 0 Å². The van der Waals surface area contributed by atoms with Gasteiger partial charge in [0.15, 0.2) is 0 Å². The Hall–Kier alpha value is -3.42. The van der Waals surface area contributed by atoms with Gasteiger partial charge >= 0.3 is 0 Å². The van der Waals surface area contributed by atoms with Gasteiger partial charge in [-0.25, -0.2) is 8.42 Å². The zero-order valence-electron chi connectivity index (χ0n) is 17.4. The average molecular weight is 422 g/mol. The van der Waals surface area contributed by atoms with Crippen molar-refractivity contribution in [1.29, 1.82) is 5.26 Å². The van der Waals surface area contributed by atoms with Gasteiger partial charge in [-0.1, -0.05) is 12.0 Å². The highest BCUT2D eigenvalue weighted by Gasteiger charge is 2.16. The number of sulfonamides is 1. The van der Waals surface area contributed by atoms with Crippen LogP contribution in [0.15, 0.2) is 42.5 Å². The summed E-state index contributed by atoms with van der Waals surface area (Å²) in [5.41, 5.74) is 3.12. The van der Waals surface area contributed by atoms with Crippen molar-refractivity contribution < 1.29 is 13.2 Å². The number of ether oxygens (including phenoxy) is 1. The Labute approximate surface area is 177 Å². The minimum absolute atomic E-state index is 0.455. The molecule has 154 valence electrons. The molecule has 1 heterocycles. The second-order valence-corrected chi connectivity index (χ2v) is 9.23. The van der Waals surface area contributed by atoms with E-state index in [0.29, 0.717) is 34.8 Å². The van der Waals surface area contributed by atoms with E-state index in [0.717, 1.165) is 10.9 Å². The monoisotopic (exact) mass is 421 g/mol. The Morgan fingerprint density at radius 1 is 1.17 bits per heavy atom. The van der Waals surface area contributed by atoms with E-state index in [9.17, 15) is 13.7 Å². The van der Waals surface area contributed by atoms with Gasteiger partial charge < -0.3 is 9.30 Å². The second-order valence-electron chi connectivity index (χ2n) is 6.99. The molecule has 0 aliphatic carbocycles. The van der Waals surface area contributed by atoms with E-state index in [1.54, 1.807) is 45.2 Å². The first-order valence-corrected chi connectivity index (χ1v) is 11.1. The number of fused-ring (bicyclic) bond motifs is 1. The molecule has 0 saturated heterocycles. The molecule has 0 amide bonds. The molecular formula is C23H23N3O3S. The van der Waals surface area contributed by atoms with Crippen LogP contribution in [0.5, 0.6) is 5.75 Å². The lowest BCUT2D eigenvalue weighted by molar-refractivity contribution is 0.415. The molecule has 0 bridgehead atoms. The molecule has 3 aromatic rings. The molecule has 1 aromatic heterocycles. The first-order valence-electron chi connectivity index (χ1n) is 9.54. The van der Waals surface area contributed by atoms with Crippen LogP contribution in [0.1, 0.15) is 37.6 Å². The van der Waals surface area contributed by atoms with Crippen LogP contribution in [0.25, 0.3) is 10.9 Å². The SMILES string of the molecule is CCn1c(C#Cc2cccc(NS(=O)(=O)C(C)C)c2)c(C#N)c2ccc(OC)cc21. The molecule has 7 heteroatoms. The fourth-order valence-electron chi connectivity index (χ4n) is 3.10. The van der Waals surface area contributed by atoms with Crippen LogP contribution in [0, 0.1) is 23.2 Å². The maximum atomic E-state index is 12.1. The summed E-state index contributed by atoms with van der Waals surface area (Å²) < 4.78 is 34.1. The Morgan fingerprint density at radius 2 is 1.93 bits per heavy atom. The fraction of sp³-hybridized carbons (Fsp3) is 0.261. The van der Waals surface area contributed by atoms with Gasteiger partial charge in [-0.05, 0) is 57.0 Å². The van der Waals surface area contributed by atoms with Crippen molar-refractivity contribution in [2.45, 2.75) is 32.6 Å². The summed E-state index contributed by atoms with van der Waals surface area (Å²) in [4.78, 5) is 0. The quantitative estimate of drug-likeness (QED) is 0.629. The number of hydrogen-bond donors (Lipinski definition) is 1. The highest BCUT2D eigenvalue weighted by molar-refractivity contribution is 7.93. The van der Waals surface area contributed by atoms with Crippen LogP contribution >= 0.6 is 0 Å². The van der Waals surface area contributed by atoms with Gasteiger partial charge in [0, 0.05) is 29.2 Å². The molecule has 30 heavy (non-hydrogen) atoms. The molecule has 0 radical (unpaired) electrons. The molecule has 0 aliphatic heterocycles. The van der Waals surface area contributed by atoms with E-state index in [1.807, 2.05) is 29.7 Å². The smallest absolute Gasteiger partial charge is 0.235 e. The molecule has 0 aliphatic rings. The number of benzene rings is 2. The van der Waals surface area contributed by atoms with E-state index in [4.69, 9.17) is 4.74 Å². The number of nitrogens with zero attached hydrogens (tertiary/aromatic N) is 2. The molecule has 0 unspecified atom stereocenters. The third-order valence-electron chi connectivity index (χ3n) is 4.77. The van der Waals surface area contributed by atoms with Gasteiger partial charge in [0.25, 0.3) is 0 Å². The summed E-state index contributed by atoms with van der Waals surface area (Å²) in [6.45, 7) is 5.87. The zero-order valence-corrected chi connectivity index (χ0v) is 18.2. The number of aryl methyl sites for hydroxylation is 1. The van der Waals surface area contributed by atoms with Crippen molar-refractivity contribution in [1.82, 2.24) is 4.57 Å². The van der Waals surface area contributed by atoms with Crippen LogP contribution in [0.4, 0.5) is 5.69 Å². The van der Waals surface area contributed by atoms with Gasteiger partial charge in [-0.2, -0.15) is 5.26 Å². The van der Waals surface area contributed by atoms with Crippen LogP contribution in [0.2, 0.25) is 0 Å². The van der Waals surface area contributed by atoms with E-state index in [1.165, 1.54) is 0 Å². The maximum absolute atomic E-state index is 12.1. The third-order valence-corrected chi connectivity index (χ3v) is 6.53. The second kappa shape index (κ2) is 8.52. The first kappa shape index (κ1) is 21.3. The largest absolute Gasteiger partial charge is 0.497 e. The van der Waals surface area contributed by atoms with Crippen molar-refractivity contribution in [2.24, 2.45) is 0 Å². The number of nitrogens with one attached hydrogen (secondary N) is 1. The summed E-state index contributed by atoms with van der Waals surface area (Å²) in [5.74, 6) is 6.89. The van der Waals surface area contributed by atoms with Gasteiger partial charge in [-0.3, -0.25) is 4.72 Å². The molecular weight excluding hydrogens is 398 g/mol. The van der Waals surface area contributed by atoms with Crippen molar-refractivity contribution >= 4 is 26.6 Å². The van der Waals surface area contributed by atoms with Crippen molar-refractivity contribution in [3.05, 3.63) is 59.3 Å². The number of hydrogen-bond acceptors (Lipinski definition) is 4. The average Bonchev–Trinajstić information content (AvgIpc) is 3.03. The topological polar surface area (TPSA) is 84.1 Å². The molecule has 0 atom stereocenters. The van der Waals surface area contributed by atoms with Gasteiger partial charge in [0.05, 0.1) is 23.4 Å². The molecule has 6 nitrogen and oxygen atoms in total. The number of methoxy groups -OCH3 is 1. The third kappa shape index (κ3) is 4.12. The molecule has 2 aromatic carbocycles. The van der Waals surface area contributed by atoms with Crippen molar-refractivity contribution in [3.8, 4) is 23.7 Å². The molecule has 1 N–H and O–H groups in total. The molecule has 0 saturated carbocycles. The number of aromatic nitrogens is 1. The Morgan fingerprint density at radius 3 is 2.57 bits per heavy atom. The summed E-state index contributed by atoms with van der Waals surface area (Å²) in [6.07, 6.45) is 0. The fourth-order valence-corrected chi connectivity index (χ4v) is 3.79. The molecule has 0 fully saturated rings. The zero-order chi connectivity index (χ0) is 21.9. The van der Waals surface area contributed by atoms with Crippen LogP contribution in [-0.4, -0.2) is 25.3 Å². The number of rotatable bonds is 5. The normalized spacial score (nSPS) is 11.1. The van der Waals surface area contributed by atoms with E-state index in [-0.39, 0.29) is 0 Å². The Bertz CT molecular complexity index is 1300. The lowest BCUT2D eigenvalue weighted by atomic mass is 10.1.